The number of methoxy groups -OCH3 is 1. The molecule has 2 aromatic rings. The number of piperidine rings is 2. The number of carbonyl (C=O) groups is 1. The van der Waals surface area contributed by atoms with Crippen molar-refractivity contribution in [3.63, 3.8) is 0 Å². The first-order valence-electron chi connectivity index (χ1n) is 12.5. The molecule has 1 unspecified atom stereocenters. The maximum Gasteiger partial charge on any atom is 0.253 e. The highest BCUT2D eigenvalue weighted by Gasteiger charge is 2.24. The van der Waals surface area contributed by atoms with Gasteiger partial charge in [0.05, 0.1) is 7.11 Å². The van der Waals surface area contributed by atoms with Crippen LogP contribution in [0, 0.1) is 5.92 Å². The molecule has 2 fully saturated rings. The van der Waals surface area contributed by atoms with Crippen LogP contribution in [0.1, 0.15) is 60.5 Å². The Morgan fingerprint density at radius 3 is 2.55 bits per heavy atom. The first-order valence-corrected chi connectivity index (χ1v) is 13.3. The molecule has 1 atom stereocenters. The largest absolute Gasteiger partial charge is 0.497 e. The van der Waals surface area contributed by atoms with E-state index in [4.69, 9.17) is 4.74 Å². The molecule has 0 aromatic heterocycles. The summed E-state index contributed by atoms with van der Waals surface area (Å²) in [6.45, 7) is 6.42. The van der Waals surface area contributed by atoms with Gasteiger partial charge in [-0.2, -0.15) is 0 Å². The van der Waals surface area contributed by atoms with E-state index in [1.165, 1.54) is 34.9 Å². The second-order valence-corrected chi connectivity index (χ2v) is 10.6. The Morgan fingerprint density at radius 2 is 1.82 bits per heavy atom. The van der Waals surface area contributed by atoms with Crippen molar-refractivity contribution in [3.8, 4) is 5.75 Å². The molecule has 2 aliphatic rings. The van der Waals surface area contributed by atoms with Gasteiger partial charge >= 0.3 is 0 Å². The van der Waals surface area contributed by atoms with E-state index in [-0.39, 0.29) is 5.91 Å². The van der Waals surface area contributed by atoms with Crippen molar-refractivity contribution >= 4 is 21.8 Å². The van der Waals surface area contributed by atoms with Crippen LogP contribution in [0.4, 0.5) is 0 Å². The molecule has 4 rings (SSSR count). The zero-order valence-corrected chi connectivity index (χ0v) is 21.6. The van der Waals surface area contributed by atoms with E-state index in [1.807, 2.05) is 17.0 Å². The van der Waals surface area contributed by atoms with Gasteiger partial charge in [-0.05, 0) is 112 Å². The summed E-state index contributed by atoms with van der Waals surface area (Å²) < 4.78 is 6.59. The van der Waals surface area contributed by atoms with Gasteiger partial charge in [0.1, 0.15) is 5.75 Å². The van der Waals surface area contributed by atoms with Gasteiger partial charge < -0.3 is 14.5 Å². The molecule has 2 aliphatic heterocycles. The summed E-state index contributed by atoms with van der Waals surface area (Å²) in [7, 11) is 1.73. The number of rotatable bonds is 7. The van der Waals surface area contributed by atoms with Crippen LogP contribution in [0.25, 0.3) is 0 Å². The van der Waals surface area contributed by atoms with Crippen LogP contribution in [0.5, 0.6) is 5.75 Å². The molecule has 0 aliphatic carbocycles. The molecular formula is C28H37BrN2O2. The van der Waals surface area contributed by atoms with Crippen molar-refractivity contribution in [2.24, 2.45) is 5.92 Å². The highest BCUT2D eigenvalue weighted by molar-refractivity contribution is 9.10. The van der Waals surface area contributed by atoms with Gasteiger partial charge in [-0.1, -0.05) is 28.1 Å². The summed E-state index contributed by atoms with van der Waals surface area (Å²) in [5.74, 6) is 1.84. The highest BCUT2D eigenvalue weighted by Crippen LogP contribution is 2.29. The SMILES string of the molecule is COc1ccc(Br)c(CC2CCN(C(C)Cc3cccc(C(=O)N4CCCCC4)c3)CC2)c1. The lowest BCUT2D eigenvalue weighted by Crippen LogP contribution is -2.41. The predicted molar refractivity (Wildman–Crippen MR) is 138 cm³/mol. The van der Waals surface area contributed by atoms with Crippen LogP contribution in [0.3, 0.4) is 0 Å². The van der Waals surface area contributed by atoms with Crippen LogP contribution in [-0.4, -0.2) is 55.0 Å². The second-order valence-electron chi connectivity index (χ2n) is 9.75. The molecule has 2 heterocycles. The number of benzene rings is 2. The molecule has 0 spiro atoms. The molecule has 178 valence electrons. The maximum absolute atomic E-state index is 12.9. The lowest BCUT2D eigenvalue weighted by atomic mass is 9.89. The lowest BCUT2D eigenvalue weighted by Gasteiger charge is -2.36. The molecule has 5 heteroatoms. The summed E-state index contributed by atoms with van der Waals surface area (Å²) in [6, 6.07) is 15.1. The second kappa shape index (κ2) is 11.5. The average molecular weight is 514 g/mol. The van der Waals surface area contributed by atoms with E-state index in [1.54, 1.807) is 7.11 Å². The van der Waals surface area contributed by atoms with Crippen molar-refractivity contribution in [3.05, 3.63) is 63.6 Å². The van der Waals surface area contributed by atoms with Gasteiger partial charge in [0.15, 0.2) is 0 Å². The summed E-state index contributed by atoms with van der Waals surface area (Å²) in [5.41, 5.74) is 3.47. The van der Waals surface area contributed by atoms with Gasteiger partial charge in [0, 0.05) is 29.2 Å². The van der Waals surface area contributed by atoms with Crippen LogP contribution in [-0.2, 0) is 12.8 Å². The molecule has 4 nitrogen and oxygen atoms in total. The molecule has 2 saturated heterocycles. The van der Waals surface area contributed by atoms with Crippen molar-refractivity contribution < 1.29 is 9.53 Å². The highest BCUT2D eigenvalue weighted by atomic mass is 79.9. The van der Waals surface area contributed by atoms with Crippen LogP contribution >= 0.6 is 15.9 Å². The molecular weight excluding hydrogens is 476 g/mol. The quantitative estimate of drug-likeness (QED) is 0.458. The third kappa shape index (κ3) is 6.39. The van der Waals surface area contributed by atoms with Crippen LogP contribution in [0.2, 0.25) is 0 Å². The van der Waals surface area contributed by atoms with Crippen molar-refractivity contribution in [2.75, 3.05) is 33.3 Å². The summed E-state index contributed by atoms with van der Waals surface area (Å²) in [4.78, 5) is 17.5. The van der Waals surface area contributed by atoms with Crippen molar-refractivity contribution in [1.29, 1.82) is 0 Å². The number of amides is 1. The monoisotopic (exact) mass is 512 g/mol. The van der Waals surface area contributed by atoms with Crippen LogP contribution < -0.4 is 4.74 Å². The zero-order valence-electron chi connectivity index (χ0n) is 20.1. The average Bonchev–Trinajstić information content (AvgIpc) is 2.86. The fourth-order valence-corrected chi connectivity index (χ4v) is 5.73. The zero-order chi connectivity index (χ0) is 23.2. The number of hydrogen-bond acceptors (Lipinski definition) is 3. The van der Waals surface area contributed by atoms with E-state index >= 15 is 0 Å². The van der Waals surface area contributed by atoms with Crippen LogP contribution in [0.15, 0.2) is 46.9 Å². The first-order chi connectivity index (χ1) is 16.0. The topological polar surface area (TPSA) is 32.8 Å². The normalized spacial score (nSPS) is 18.8. The van der Waals surface area contributed by atoms with Crippen molar-refractivity contribution in [1.82, 2.24) is 9.80 Å². The van der Waals surface area contributed by atoms with Gasteiger partial charge in [0.2, 0.25) is 0 Å². The number of halogens is 1. The molecule has 2 aromatic carbocycles. The van der Waals surface area contributed by atoms with E-state index in [0.29, 0.717) is 12.0 Å². The van der Waals surface area contributed by atoms with E-state index < -0.39 is 0 Å². The predicted octanol–water partition coefficient (Wildman–Crippen LogP) is 5.97. The van der Waals surface area contributed by atoms with Gasteiger partial charge in [0.25, 0.3) is 5.91 Å². The lowest BCUT2D eigenvalue weighted by molar-refractivity contribution is 0.0724. The number of carbonyl (C=O) groups excluding carboxylic acids is 1. The standard InChI is InChI=1S/C28H37BrN2O2/c1-21(17-23-7-6-8-24(19-23)28(32)31-13-4-3-5-14-31)30-15-11-22(12-16-30)18-25-20-26(33-2)9-10-27(25)29/h6-10,19-22H,3-5,11-18H2,1-2H3. The fourth-order valence-electron chi connectivity index (χ4n) is 5.32. The van der Waals surface area contributed by atoms with E-state index in [0.717, 1.165) is 63.2 Å². The Labute approximate surface area is 207 Å². The number of nitrogens with zero attached hydrogens (tertiary/aromatic N) is 2. The van der Waals surface area contributed by atoms with Crippen molar-refractivity contribution in [2.45, 2.75) is 57.9 Å². The Hall–Kier alpha value is -1.85. The molecule has 33 heavy (non-hydrogen) atoms. The molecule has 0 radical (unpaired) electrons. The maximum atomic E-state index is 12.9. The number of likely N-dealkylation sites (tertiary alicyclic amines) is 2. The molecule has 1 amide bonds. The Bertz CT molecular complexity index is 933. The summed E-state index contributed by atoms with van der Waals surface area (Å²) in [6.07, 6.45) is 8.05. The van der Waals surface area contributed by atoms with E-state index in [9.17, 15) is 4.79 Å². The van der Waals surface area contributed by atoms with Gasteiger partial charge in [-0.15, -0.1) is 0 Å². The summed E-state index contributed by atoms with van der Waals surface area (Å²) in [5, 5.41) is 0. The minimum Gasteiger partial charge on any atom is -0.497 e. The van der Waals surface area contributed by atoms with Gasteiger partial charge in [-0.25, -0.2) is 0 Å². The smallest absolute Gasteiger partial charge is 0.253 e. The minimum atomic E-state index is 0.203. The summed E-state index contributed by atoms with van der Waals surface area (Å²) >= 11 is 3.71. The first kappa shape index (κ1) is 24.3. The molecule has 0 saturated carbocycles. The Balaban J connectivity index is 1.29. The molecule has 0 bridgehead atoms. The third-order valence-electron chi connectivity index (χ3n) is 7.38. The third-order valence-corrected chi connectivity index (χ3v) is 8.16. The Morgan fingerprint density at radius 1 is 1.06 bits per heavy atom. The minimum absolute atomic E-state index is 0.203. The number of ether oxygens (including phenoxy) is 1. The Kier molecular flexibility index (Phi) is 8.48. The van der Waals surface area contributed by atoms with Gasteiger partial charge in [-0.3, -0.25) is 4.79 Å². The van der Waals surface area contributed by atoms with E-state index in [2.05, 4.69) is 58.1 Å². The molecule has 0 N–H and O–H groups in total. The fraction of sp³-hybridized carbons (Fsp3) is 0.536. The number of hydrogen-bond donors (Lipinski definition) is 0.